The summed E-state index contributed by atoms with van der Waals surface area (Å²) in [5.74, 6) is -3.87. The van der Waals surface area contributed by atoms with E-state index in [2.05, 4.69) is 12.2 Å². The van der Waals surface area contributed by atoms with Crippen LogP contribution in [0.4, 0.5) is 0 Å². The van der Waals surface area contributed by atoms with Crippen LogP contribution < -0.4 is 5.11 Å². The first-order valence-corrected chi connectivity index (χ1v) is 8.81. The Labute approximate surface area is 149 Å². The van der Waals surface area contributed by atoms with E-state index < -0.39 is 40.5 Å². The summed E-state index contributed by atoms with van der Waals surface area (Å²) in [6, 6.07) is -3.57. The predicted octanol–water partition coefficient (Wildman–Crippen LogP) is 1.41. The highest BCUT2D eigenvalue weighted by molar-refractivity contribution is 5.76. The zero-order chi connectivity index (χ0) is 19.6. The molecule has 7 nitrogen and oxygen atoms in total. The van der Waals surface area contributed by atoms with E-state index in [1.807, 2.05) is 6.92 Å². The maximum Gasteiger partial charge on any atom is 0.362 e. The van der Waals surface area contributed by atoms with Crippen molar-refractivity contribution in [1.82, 2.24) is 0 Å². The van der Waals surface area contributed by atoms with Gasteiger partial charge in [-0.1, -0.05) is 19.1 Å². The van der Waals surface area contributed by atoms with Crippen LogP contribution in [-0.4, -0.2) is 57.3 Å². The smallest absolute Gasteiger partial charge is 0.362 e. The van der Waals surface area contributed by atoms with Crippen LogP contribution in [0.3, 0.4) is 0 Å². The molecule has 25 heavy (non-hydrogen) atoms. The number of quaternary nitrogens is 1. The molecule has 0 radical (unpaired) electrons. The number of unbranched alkanes of at least 4 members (excludes halogenated alkanes) is 3. The molecule has 0 aromatic heterocycles. The highest BCUT2D eigenvalue weighted by atomic mass is 16.4. The van der Waals surface area contributed by atoms with E-state index in [0.717, 1.165) is 25.7 Å². The first kappa shape index (κ1) is 23.1. The van der Waals surface area contributed by atoms with E-state index in [1.54, 1.807) is 0 Å². The van der Waals surface area contributed by atoms with Crippen LogP contribution in [-0.2, 0) is 14.4 Å². The summed E-state index contributed by atoms with van der Waals surface area (Å²) >= 11 is 0. The number of carbonyl (C=O) groups is 3. The van der Waals surface area contributed by atoms with E-state index in [1.165, 1.54) is 20.8 Å². The predicted molar refractivity (Wildman–Crippen MR) is 91.7 cm³/mol. The summed E-state index contributed by atoms with van der Waals surface area (Å²) in [7, 11) is 0. The number of carboxylic acid groups (broad SMARTS) is 3. The van der Waals surface area contributed by atoms with Crippen molar-refractivity contribution in [2.75, 3.05) is 6.54 Å². The third-order valence-corrected chi connectivity index (χ3v) is 5.04. The van der Waals surface area contributed by atoms with Crippen molar-refractivity contribution in [3.05, 3.63) is 12.2 Å². The molecule has 0 aliphatic heterocycles. The van der Waals surface area contributed by atoms with Crippen LogP contribution in [0, 0.1) is 0 Å². The topological polar surface area (TPSA) is 115 Å². The van der Waals surface area contributed by atoms with Gasteiger partial charge in [0, 0.05) is 0 Å². The van der Waals surface area contributed by atoms with Crippen molar-refractivity contribution in [3.8, 4) is 0 Å². The van der Waals surface area contributed by atoms with E-state index in [-0.39, 0.29) is 6.54 Å². The SMILES string of the molecule is CC/C=C/CCCCC[N+](C(C)C(=O)[O-])(C(C)C(=O)O)C(C)C(=O)O. The molecule has 0 heterocycles. The van der Waals surface area contributed by atoms with Gasteiger partial charge < -0.3 is 20.1 Å². The molecule has 3 atom stereocenters. The molecule has 3 unspecified atom stereocenters. The van der Waals surface area contributed by atoms with Gasteiger partial charge >= 0.3 is 11.9 Å². The number of allylic oxidation sites excluding steroid dienone is 2. The Morgan fingerprint density at radius 2 is 1.44 bits per heavy atom. The second kappa shape index (κ2) is 10.9. The lowest BCUT2D eigenvalue weighted by molar-refractivity contribution is -0.969. The average molecular weight is 357 g/mol. The van der Waals surface area contributed by atoms with Crippen molar-refractivity contribution in [2.45, 2.75) is 77.9 Å². The fraction of sp³-hybridized carbons (Fsp3) is 0.722. The van der Waals surface area contributed by atoms with E-state index in [4.69, 9.17) is 0 Å². The minimum atomic E-state index is -1.44. The average Bonchev–Trinajstić information content (AvgIpc) is 2.55. The molecule has 7 heteroatoms. The zero-order valence-corrected chi connectivity index (χ0v) is 15.6. The molecule has 0 aliphatic rings. The number of aliphatic carboxylic acids is 3. The summed E-state index contributed by atoms with van der Waals surface area (Å²) in [5, 5.41) is 30.4. The number of hydrogen-bond acceptors (Lipinski definition) is 4. The Morgan fingerprint density at radius 1 is 0.920 bits per heavy atom. The van der Waals surface area contributed by atoms with Gasteiger partial charge in [0.15, 0.2) is 12.1 Å². The lowest BCUT2D eigenvalue weighted by Gasteiger charge is -2.49. The van der Waals surface area contributed by atoms with Crippen LogP contribution in [0.5, 0.6) is 0 Å². The first-order valence-electron chi connectivity index (χ1n) is 8.81. The number of hydrogen-bond donors (Lipinski definition) is 2. The monoisotopic (exact) mass is 357 g/mol. The van der Waals surface area contributed by atoms with Gasteiger partial charge in [-0.2, -0.15) is 0 Å². The first-order chi connectivity index (χ1) is 11.6. The lowest BCUT2D eigenvalue weighted by atomic mass is 10.00. The largest absolute Gasteiger partial charge is 0.544 e. The molecule has 0 saturated heterocycles. The van der Waals surface area contributed by atoms with Gasteiger partial charge in [0.25, 0.3) is 0 Å². The standard InChI is InChI=1S/C18H31NO6/c1-5-6-7-8-9-10-11-12-19(13(2)16(20)21,14(3)17(22)23)15(4)18(24)25/h6-7,13-15H,5,8-12H2,1-4H3,(H2-,20,21,22,23,24,25)/b7-6+. The molecule has 0 aromatic rings. The Kier molecular flexibility index (Phi) is 10.0. The molecule has 2 N–H and O–H groups in total. The summed E-state index contributed by atoms with van der Waals surface area (Å²) in [6.45, 7) is 6.27. The van der Waals surface area contributed by atoms with Gasteiger partial charge in [0.05, 0.1) is 12.5 Å². The summed E-state index contributed by atoms with van der Waals surface area (Å²) in [4.78, 5) is 34.6. The third-order valence-electron chi connectivity index (χ3n) is 5.04. The van der Waals surface area contributed by atoms with Crippen LogP contribution in [0.1, 0.15) is 59.8 Å². The van der Waals surface area contributed by atoms with Gasteiger partial charge in [-0.3, -0.25) is 4.48 Å². The number of rotatable bonds is 13. The van der Waals surface area contributed by atoms with Crippen LogP contribution >= 0.6 is 0 Å². The van der Waals surface area contributed by atoms with Gasteiger partial charge in [-0.05, 0) is 52.9 Å². The Bertz CT molecular complexity index is 438. The highest BCUT2D eigenvalue weighted by Gasteiger charge is 2.50. The maximum atomic E-state index is 11.6. The molecule has 0 aromatic carbocycles. The number of carbonyl (C=O) groups excluding carboxylic acids is 1. The van der Waals surface area contributed by atoms with Crippen LogP contribution in [0.25, 0.3) is 0 Å². The second-order valence-corrected chi connectivity index (χ2v) is 6.47. The van der Waals surface area contributed by atoms with Crippen molar-refractivity contribution in [1.29, 1.82) is 0 Å². The Morgan fingerprint density at radius 3 is 1.84 bits per heavy atom. The molecule has 0 spiro atoms. The van der Waals surface area contributed by atoms with Gasteiger partial charge in [0.1, 0.15) is 6.04 Å². The lowest BCUT2D eigenvalue weighted by Crippen LogP contribution is -2.72. The molecule has 0 fully saturated rings. The minimum absolute atomic E-state index is 0.160. The quantitative estimate of drug-likeness (QED) is 0.293. The fourth-order valence-corrected chi connectivity index (χ4v) is 3.30. The molecule has 0 amide bonds. The molecule has 144 valence electrons. The molecular weight excluding hydrogens is 326 g/mol. The molecule has 0 saturated carbocycles. The summed E-state index contributed by atoms with van der Waals surface area (Å²) in [6.07, 6.45) is 8.21. The summed E-state index contributed by atoms with van der Waals surface area (Å²) < 4.78 is -0.558. The molecule has 0 bridgehead atoms. The van der Waals surface area contributed by atoms with Gasteiger partial charge in [0.2, 0.25) is 0 Å². The molecule has 0 aliphatic carbocycles. The molecular formula is C18H31NO6. The highest BCUT2D eigenvalue weighted by Crippen LogP contribution is 2.27. The Hall–Kier alpha value is -1.89. The van der Waals surface area contributed by atoms with Crippen molar-refractivity contribution < 1.29 is 34.2 Å². The Balaban J connectivity index is 5.40. The van der Waals surface area contributed by atoms with E-state index in [9.17, 15) is 29.7 Å². The zero-order valence-electron chi connectivity index (χ0n) is 15.6. The van der Waals surface area contributed by atoms with Crippen molar-refractivity contribution in [2.24, 2.45) is 0 Å². The van der Waals surface area contributed by atoms with Crippen molar-refractivity contribution in [3.63, 3.8) is 0 Å². The van der Waals surface area contributed by atoms with E-state index in [0.29, 0.717) is 6.42 Å². The fourth-order valence-electron chi connectivity index (χ4n) is 3.30. The van der Waals surface area contributed by atoms with Crippen LogP contribution in [0.2, 0.25) is 0 Å². The van der Waals surface area contributed by atoms with Crippen LogP contribution in [0.15, 0.2) is 12.2 Å². The van der Waals surface area contributed by atoms with Crippen molar-refractivity contribution >= 4 is 17.9 Å². The number of nitrogens with zero attached hydrogens (tertiary/aromatic N) is 1. The van der Waals surface area contributed by atoms with E-state index >= 15 is 0 Å². The van der Waals surface area contributed by atoms with Gasteiger partial charge in [-0.15, -0.1) is 0 Å². The maximum absolute atomic E-state index is 11.6. The number of carboxylic acids is 3. The minimum Gasteiger partial charge on any atom is -0.544 e. The normalized spacial score (nSPS) is 17.6. The second-order valence-electron chi connectivity index (χ2n) is 6.47. The van der Waals surface area contributed by atoms with Gasteiger partial charge in [-0.25, -0.2) is 9.59 Å². The molecule has 0 rings (SSSR count). The summed E-state index contributed by atoms with van der Waals surface area (Å²) in [5.41, 5.74) is 0. The third kappa shape index (κ3) is 6.16.